The van der Waals surface area contributed by atoms with E-state index in [1.807, 2.05) is 59.0 Å². The molecule has 1 aromatic rings. The molecule has 24 heavy (non-hydrogen) atoms. The van der Waals surface area contributed by atoms with Gasteiger partial charge < -0.3 is 5.32 Å². The summed E-state index contributed by atoms with van der Waals surface area (Å²) in [7, 11) is 1.89. The number of anilines is 1. The van der Waals surface area contributed by atoms with E-state index in [2.05, 4.69) is 17.7 Å². The fourth-order valence-electron chi connectivity index (χ4n) is 2.10. The van der Waals surface area contributed by atoms with Crippen LogP contribution in [0, 0.1) is 12.8 Å². The number of carbonyl (C=O) groups excluding carboxylic acids is 1. The number of aryl methyl sites for hydroxylation is 1. The van der Waals surface area contributed by atoms with Crippen molar-refractivity contribution >= 4 is 22.7 Å². The van der Waals surface area contributed by atoms with E-state index in [0.717, 1.165) is 24.2 Å². The summed E-state index contributed by atoms with van der Waals surface area (Å²) < 4.78 is -0.0663. The van der Waals surface area contributed by atoms with Crippen LogP contribution < -0.4 is 10.8 Å². The smallest absolute Gasteiger partial charge is 0.279 e. The second kappa shape index (κ2) is 9.91. The number of hydrogen-bond acceptors (Lipinski definition) is 5. The molecule has 0 saturated carbocycles. The molecule has 0 aliphatic rings. The molecule has 1 amide bonds. The van der Waals surface area contributed by atoms with Crippen molar-refractivity contribution in [2.45, 2.75) is 45.8 Å². The number of para-hydroxylation sites is 1. The number of benzene rings is 1. The Kier molecular flexibility index (Phi) is 8.59. The summed E-state index contributed by atoms with van der Waals surface area (Å²) >= 11 is 1.33. The summed E-state index contributed by atoms with van der Waals surface area (Å²) in [6.07, 6.45) is 0.971. The number of hydrogen-bond donors (Lipinski definition) is 2. The predicted molar refractivity (Wildman–Crippen MR) is 103 cm³/mol. The molecular weight excluding hydrogens is 322 g/mol. The molecule has 0 aromatic heterocycles. The average molecular weight is 354 g/mol. The minimum absolute atomic E-state index is 0.0301. The van der Waals surface area contributed by atoms with Crippen LogP contribution >= 0.6 is 11.8 Å². The van der Waals surface area contributed by atoms with E-state index in [-0.39, 0.29) is 9.99 Å². The Balaban J connectivity index is 2.36. The van der Waals surface area contributed by atoms with E-state index in [1.54, 1.807) is 5.06 Å². The zero-order valence-corrected chi connectivity index (χ0v) is 16.5. The molecule has 1 rings (SSSR count). The van der Waals surface area contributed by atoms with E-state index in [9.17, 15) is 4.79 Å². The first kappa shape index (κ1) is 20.8. The SMILES string of the molecule is CCC(CNC(=O)SC(C)(C)C)CN(C)ONc1ccccc1C. The van der Waals surface area contributed by atoms with Crippen LogP contribution in [-0.4, -0.2) is 35.2 Å². The van der Waals surface area contributed by atoms with Crippen LogP contribution in [0.3, 0.4) is 0 Å². The van der Waals surface area contributed by atoms with Crippen LogP contribution in [0.15, 0.2) is 24.3 Å². The van der Waals surface area contributed by atoms with Gasteiger partial charge in [-0.05, 0) is 24.5 Å². The Morgan fingerprint density at radius 2 is 2.00 bits per heavy atom. The third-order valence-corrected chi connectivity index (χ3v) is 4.43. The largest absolute Gasteiger partial charge is 0.347 e. The lowest BCUT2D eigenvalue weighted by atomic mass is 10.1. The predicted octanol–water partition coefficient (Wildman–Crippen LogP) is 4.45. The van der Waals surface area contributed by atoms with Gasteiger partial charge in [0, 0.05) is 24.9 Å². The molecule has 0 aliphatic carbocycles. The van der Waals surface area contributed by atoms with Gasteiger partial charge in [-0.25, -0.2) is 5.48 Å². The number of carbonyl (C=O) groups is 1. The number of amides is 1. The highest BCUT2D eigenvalue weighted by atomic mass is 32.2. The van der Waals surface area contributed by atoms with E-state index >= 15 is 0 Å². The summed E-state index contributed by atoms with van der Waals surface area (Å²) in [5.74, 6) is 0.332. The summed E-state index contributed by atoms with van der Waals surface area (Å²) in [5, 5.41) is 4.80. The van der Waals surface area contributed by atoms with Crippen molar-refractivity contribution in [1.29, 1.82) is 0 Å². The molecule has 1 aromatic carbocycles. The third-order valence-electron chi connectivity index (χ3n) is 3.48. The highest BCUT2D eigenvalue weighted by molar-refractivity contribution is 8.14. The number of rotatable bonds is 8. The minimum Gasteiger partial charge on any atom is -0.347 e. The van der Waals surface area contributed by atoms with Gasteiger partial charge in [-0.3, -0.25) is 4.79 Å². The normalized spacial score (nSPS) is 13.0. The maximum absolute atomic E-state index is 11.9. The van der Waals surface area contributed by atoms with Gasteiger partial charge in [0.2, 0.25) is 0 Å². The van der Waals surface area contributed by atoms with Crippen molar-refractivity contribution in [2.24, 2.45) is 5.92 Å². The van der Waals surface area contributed by atoms with Gasteiger partial charge in [0.1, 0.15) is 0 Å². The van der Waals surface area contributed by atoms with E-state index in [1.165, 1.54) is 11.8 Å². The summed E-state index contributed by atoms with van der Waals surface area (Å²) in [4.78, 5) is 17.5. The molecule has 0 aliphatic heterocycles. The molecule has 1 atom stereocenters. The van der Waals surface area contributed by atoms with Crippen LogP contribution in [-0.2, 0) is 4.94 Å². The molecule has 0 saturated heterocycles. The summed E-state index contributed by atoms with van der Waals surface area (Å²) in [6, 6.07) is 7.97. The van der Waals surface area contributed by atoms with Gasteiger partial charge in [0.15, 0.2) is 0 Å². The van der Waals surface area contributed by atoms with E-state index in [0.29, 0.717) is 12.5 Å². The Morgan fingerprint density at radius 1 is 1.33 bits per heavy atom. The molecular formula is C18H31N3O2S. The monoisotopic (exact) mass is 353 g/mol. The fourth-order valence-corrected chi connectivity index (χ4v) is 2.81. The summed E-state index contributed by atoms with van der Waals surface area (Å²) in [6.45, 7) is 11.6. The van der Waals surface area contributed by atoms with Crippen molar-refractivity contribution in [3.05, 3.63) is 29.8 Å². The van der Waals surface area contributed by atoms with Crippen molar-refractivity contribution < 1.29 is 9.73 Å². The van der Waals surface area contributed by atoms with Crippen LogP contribution in [0.5, 0.6) is 0 Å². The Bertz CT molecular complexity index is 517. The highest BCUT2D eigenvalue weighted by Crippen LogP contribution is 2.23. The summed E-state index contributed by atoms with van der Waals surface area (Å²) in [5.41, 5.74) is 5.05. The van der Waals surface area contributed by atoms with Crippen molar-refractivity contribution in [3.63, 3.8) is 0 Å². The van der Waals surface area contributed by atoms with Gasteiger partial charge in [-0.2, -0.15) is 10.0 Å². The number of nitrogens with zero attached hydrogens (tertiary/aromatic N) is 1. The first-order valence-electron chi connectivity index (χ1n) is 8.38. The average Bonchev–Trinajstić information content (AvgIpc) is 2.49. The lowest BCUT2D eigenvalue weighted by Gasteiger charge is -2.24. The fraction of sp³-hybridized carbons (Fsp3) is 0.611. The van der Waals surface area contributed by atoms with Crippen LogP contribution in [0.25, 0.3) is 0 Å². The Morgan fingerprint density at radius 3 is 2.58 bits per heavy atom. The minimum atomic E-state index is -0.0663. The van der Waals surface area contributed by atoms with E-state index < -0.39 is 0 Å². The molecule has 0 radical (unpaired) electrons. The molecule has 0 fully saturated rings. The van der Waals surface area contributed by atoms with Crippen molar-refractivity contribution in [2.75, 3.05) is 25.6 Å². The standard InChI is InChI=1S/C18H31N3O2S/c1-7-15(12-19-17(22)24-18(3,4)5)13-21(6)23-20-16-11-9-8-10-14(16)2/h8-11,15,20H,7,12-13H2,1-6H3,(H,19,22). The molecule has 5 nitrogen and oxygen atoms in total. The first-order valence-corrected chi connectivity index (χ1v) is 9.19. The quantitative estimate of drug-likeness (QED) is 0.676. The molecule has 0 heterocycles. The van der Waals surface area contributed by atoms with Gasteiger partial charge in [0.25, 0.3) is 5.24 Å². The van der Waals surface area contributed by atoms with Crippen molar-refractivity contribution in [1.82, 2.24) is 10.4 Å². The topological polar surface area (TPSA) is 53.6 Å². The molecule has 2 N–H and O–H groups in total. The maximum atomic E-state index is 11.9. The Labute approximate surface area is 150 Å². The third kappa shape index (κ3) is 8.57. The second-order valence-electron chi connectivity index (χ2n) is 6.98. The number of thioether (sulfide) groups is 1. The lowest BCUT2D eigenvalue weighted by Crippen LogP contribution is -2.35. The van der Waals surface area contributed by atoms with Crippen LogP contribution in [0.2, 0.25) is 0 Å². The number of nitrogens with one attached hydrogen (secondary N) is 2. The van der Waals surface area contributed by atoms with Crippen molar-refractivity contribution in [3.8, 4) is 0 Å². The Hall–Kier alpha value is -1.24. The molecule has 0 spiro atoms. The van der Waals surface area contributed by atoms with Gasteiger partial charge >= 0.3 is 0 Å². The van der Waals surface area contributed by atoms with Crippen LogP contribution in [0.4, 0.5) is 10.5 Å². The number of hydroxylamine groups is 2. The zero-order valence-electron chi connectivity index (χ0n) is 15.7. The molecule has 6 heteroatoms. The first-order chi connectivity index (χ1) is 11.2. The molecule has 1 unspecified atom stereocenters. The van der Waals surface area contributed by atoms with Crippen LogP contribution in [0.1, 0.15) is 39.7 Å². The molecule has 0 bridgehead atoms. The highest BCUT2D eigenvalue weighted by Gasteiger charge is 2.18. The molecule has 136 valence electrons. The van der Waals surface area contributed by atoms with Gasteiger partial charge in [-0.1, -0.05) is 64.1 Å². The van der Waals surface area contributed by atoms with Gasteiger partial charge in [-0.15, -0.1) is 0 Å². The van der Waals surface area contributed by atoms with Gasteiger partial charge in [0.05, 0.1) is 5.69 Å². The van der Waals surface area contributed by atoms with E-state index in [4.69, 9.17) is 4.94 Å². The lowest BCUT2D eigenvalue weighted by molar-refractivity contribution is -0.118. The second-order valence-corrected chi connectivity index (χ2v) is 8.78. The maximum Gasteiger partial charge on any atom is 0.279 e. The zero-order chi connectivity index (χ0) is 18.2.